The Hall–Kier alpha value is -1.79. The van der Waals surface area contributed by atoms with Crippen molar-refractivity contribution in [2.24, 2.45) is 58.3 Å². The number of rotatable bonds is 9. The molecule has 0 aromatic rings. The van der Waals surface area contributed by atoms with Crippen molar-refractivity contribution in [2.45, 2.75) is 126 Å². The molecule has 13 N–H and O–H groups in total. The molecule has 0 aromatic heterocycles. The van der Waals surface area contributed by atoms with Gasteiger partial charge in [0.1, 0.15) is 42.1 Å². The zero-order valence-electron chi connectivity index (χ0n) is 30.1. The number of quaternary nitrogens is 1. The number of carbonyl (C=O) groups excluding carboxylic acids is 2. The van der Waals surface area contributed by atoms with Crippen molar-refractivity contribution in [1.82, 2.24) is 5.32 Å². The van der Waals surface area contributed by atoms with Crippen LogP contribution in [0.15, 0.2) is 0 Å². The topological polar surface area (TPSA) is 258 Å². The Kier molecular flexibility index (Phi) is 12.4. The second-order valence-corrected chi connectivity index (χ2v) is 16.5. The highest BCUT2D eigenvalue weighted by molar-refractivity contribution is 6.00. The number of fused-ring (bicyclic) bond motifs is 2. The molecule has 2 aliphatic heterocycles. The van der Waals surface area contributed by atoms with Gasteiger partial charge in [-0.1, -0.05) is 19.3 Å². The molecule has 290 valence electrons. The Bertz CT molecular complexity index is 1240. The molecular formula is C36H63N5O10+2. The molecule has 6 fully saturated rings. The van der Waals surface area contributed by atoms with Gasteiger partial charge in [-0.3, -0.25) is 31.4 Å². The molecule has 6 rings (SSSR count). The first kappa shape index (κ1) is 38.9. The van der Waals surface area contributed by atoms with Gasteiger partial charge in [0.15, 0.2) is 6.29 Å². The molecule has 6 aliphatic rings. The Morgan fingerprint density at radius 1 is 0.980 bits per heavy atom. The molecule has 0 amide bonds. The minimum atomic E-state index is -1.67. The van der Waals surface area contributed by atoms with Crippen LogP contribution in [0.3, 0.4) is 0 Å². The van der Waals surface area contributed by atoms with Crippen molar-refractivity contribution in [3.05, 3.63) is 0 Å². The zero-order valence-corrected chi connectivity index (χ0v) is 30.1. The van der Waals surface area contributed by atoms with Gasteiger partial charge >= 0.3 is 5.96 Å². The van der Waals surface area contributed by atoms with Crippen molar-refractivity contribution in [3.8, 4) is 0 Å². The molecule has 0 aromatic carbocycles. The maximum Gasteiger partial charge on any atom is 0.340 e. The van der Waals surface area contributed by atoms with E-state index in [1.165, 1.54) is 6.42 Å². The number of nitrogens with two attached hydrogens (primary N) is 3. The molecule has 0 radical (unpaired) electrons. The molecule has 4 saturated carbocycles. The predicted octanol–water partition coefficient (Wildman–Crippen LogP) is -4.19. The summed E-state index contributed by atoms with van der Waals surface area (Å²) in [7, 11) is 3.25. The van der Waals surface area contributed by atoms with Crippen LogP contribution in [0.25, 0.3) is 0 Å². The van der Waals surface area contributed by atoms with E-state index < -0.39 is 79.3 Å². The molecule has 15 nitrogen and oxygen atoms in total. The molecule has 0 bridgehead atoms. The lowest BCUT2D eigenvalue weighted by atomic mass is 9.51. The van der Waals surface area contributed by atoms with E-state index in [2.05, 4.69) is 15.6 Å². The van der Waals surface area contributed by atoms with Crippen LogP contribution in [0.5, 0.6) is 0 Å². The first-order valence-corrected chi connectivity index (χ1v) is 19.3. The zero-order chi connectivity index (χ0) is 36.6. The Morgan fingerprint density at radius 3 is 2.35 bits per heavy atom. The molecule has 4 aliphatic carbocycles. The third-order valence-electron chi connectivity index (χ3n) is 13.9. The SMILES string of the molecule is C[NH+]=C(N)NCC1C(CC2(C3CCC(N)[NH2+]C3)CCCCC2)CC2C(=O)C3CC(OC)CC(OC4OC(CO)C(O)C(O)C4O)C3C(=O)C2C1O. The number of carbonyl (C=O) groups is 2. The number of aliphatic hydroxyl groups is 5. The van der Waals surface area contributed by atoms with Crippen molar-refractivity contribution in [2.75, 3.05) is 33.9 Å². The predicted molar refractivity (Wildman–Crippen MR) is 182 cm³/mol. The van der Waals surface area contributed by atoms with Gasteiger partial charge in [-0.25, -0.2) is 0 Å². The summed E-state index contributed by atoms with van der Waals surface area (Å²) in [4.78, 5) is 32.3. The third kappa shape index (κ3) is 7.62. The Balaban J connectivity index is 1.29. The number of nitrogens with one attached hydrogen (secondary N) is 2. The molecule has 16 unspecified atom stereocenters. The van der Waals surface area contributed by atoms with Crippen LogP contribution >= 0.6 is 0 Å². The molecule has 16 atom stereocenters. The van der Waals surface area contributed by atoms with E-state index in [1.807, 2.05) is 0 Å². The van der Waals surface area contributed by atoms with E-state index in [1.54, 1.807) is 14.2 Å². The van der Waals surface area contributed by atoms with Gasteiger partial charge in [-0.15, -0.1) is 0 Å². The van der Waals surface area contributed by atoms with Crippen LogP contribution in [-0.2, 0) is 23.8 Å². The molecule has 51 heavy (non-hydrogen) atoms. The van der Waals surface area contributed by atoms with E-state index in [4.69, 9.17) is 25.7 Å². The lowest BCUT2D eigenvalue weighted by Crippen LogP contribution is -2.95. The molecule has 15 heteroatoms. The summed E-state index contributed by atoms with van der Waals surface area (Å²) >= 11 is 0. The number of hydrogen-bond donors (Lipinski definition) is 10. The fourth-order valence-corrected chi connectivity index (χ4v) is 11.1. The van der Waals surface area contributed by atoms with Gasteiger partial charge in [-0.2, -0.15) is 0 Å². The first-order valence-electron chi connectivity index (χ1n) is 19.3. The van der Waals surface area contributed by atoms with Crippen LogP contribution < -0.4 is 27.1 Å². The summed E-state index contributed by atoms with van der Waals surface area (Å²) in [6.07, 6.45) is -0.247. The minimum absolute atomic E-state index is 0.0246. The summed E-state index contributed by atoms with van der Waals surface area (Å²) in [5, 5.41) is 59.0. The highest BCUT2D eigenvalue weighted by Crippen LogP contribution is 2.56. The quantitative estimate of drug-likeness (QED) is 0.0801. The van der Waals surface area contributed by atoms with E-state index in [0.717, 1.165) is 51.5 Å². The van der Waals surface area contributed by atoms with E-state index in [9.17, 15) is 35.1 Å². The smallest absolute Gasteiger partial charge is 0.340 e. The number of ether oxygens (including phenoxy) is 3. The molecule has 2 heterocycles. The first-order chi connectivity index (χ1) is 24.4. The maximum absolute atomic E-state index is 14.7. The third-order valence-corrected chi connectivity index (χ3v) is 13.9. The second-order valence-electron chi connectivity index (χ2n) is 16.5. The summed E-state index contributed by atoms with van der Waals surface area (Å²) in [6, 6.07) is 0. The number of methoxy groups -OCH3 is 1. The van der Waals surface area contributed by atoms with Gasteiger partial charge in [0.05, 0.1) is 56.9 Å². The second kappa shape index (κ2) is 16.3. The van der Waals surface area contributed by atoms with Crippen LogP contribution in [0.1, 0.15) is 70.6 Å². The van der Waals surface area contributed by atoms with E-state index in [0.29, 0.717) is 31.3 Å². The Labute approximate surface area is 300 Å². The van der Waals surface area contributed by atoms with E-state index >= 15 is 0 Å². The number of Topliss-reactive ketones (excluding diaryl/α,β-unsaturated/α-hetero) is 2. The number of aliphatic hydroxyl groups excluding tert-OH is 5. The highest BCUT2D eigenvalue weighted by Gasteiger charge is 2.62. The van der Waals surface area contributed by atoms with E-state index in [-0.39, 0.29) is 41.4 Å². The number of ketones is 2. The van der Waals surface area contributed by atoms with Crippen LogP contribution in [0, 0.1) is 46.8 Å². The lowest BCUT2D eigenvalue weighted by Gasteiger charge is -2.54. The minimum Gasteiger partial charge on any atom is -0.394 e. The van der Waals surface area contributed by atoms with Crippen LogP contribution in [-0.4, -0.2) is 132 Å². The van der Waals surface area contributed by atoms with Crippen molar-refractivity contribution >= 4 is 17.5 Å². The fourth-order valence-electron chi connectivity index (χ4n) is 11.1. The van der Waals surface area contributed by atoms with Crippen molar-refractivity contribution in [3.63, 3.8) is 0 Å². The maximum atomic E-state index is 14.7. The largest absolute Gasteiger partial charge is 0.394 e. The highest BCUT2D eigenvalue weighted by atomic mass is 16.7. The average Bonchev–Trinajstić information content (AvgIpc) is 3.13. The lowest BCUT2D eigenvalue weighted by molar-refractivity contribution is -0.705. The van der Waals surface area contributed by atoms with Gasteiger partial charge < -0.3 is 45.1 Å². The van der Waals surface area contributed by atoms with Gasteiger partial charge in [0.2, 0.25) is 0 Å². The van der Waals surface area contributed by atoms with Gasteiger partial charge in [0.25, 0.3) is 0 Å². The number of guanidine groups is 1. The Morgan fingerprint density at radius 2 is 1.71 bits per heavy atom. The summed E-state index contributed by atoms with van der Waals surface area (Å²) in [5.41, 5.74) is 12.5. The molecular weight excluding hydrogens is 662 g/mol. The normalized spacial score (nSPS) is 46.2. The molecule has 0 spiro atoms. The summed E-state index contributed by atoms with van der Waals surface area (Å²) in [5.74, 6) is -3.09. The van der Waals surface area contributed by atoms with Gasteiger partial charge in [-0.05, 0) is 49.9 Å². The standard InChI is InChI=1S/C36H61N5O10/c1-39-35(38)41-15-22-17(13-36(8-4-3-5-9-36)18-6-7-25(37)40-14-18)10-20-27(29(22)44)31(46)26-21(28(20)43)11-19(49-2)12-23(26)50-34-33(48)32(47)30(45)24(16-42)51-34/h17-27,29-30,32-34,40,42,44-45,47-48H,3-16,37H2,1-2H3,(H3,38,39,41)/p+2. The van der Waals surface area contributed by atoms with Crippen LogP contribution in [0.2, 0.25) is 0 Å². The monoisotopic (exact) mass is 725 g/mol. The van der Waals surface area contributed by atoms with Crippen molar-refractivity contribution in [1.29, 1.82) is 0 Å². The summed E-state index contributed by atoms with van der Waals surface area (Å²) < 4.78 is 17.6. The van der Waals surface area contributed by atoms with Crippen molar-refractivity contribution < 1.29 is 59.6 Å². The van der Waals surface area contributed by atoms with Gasteiger partial charge in [0, 0.05) is 43.6 Å². The number of piperidine rings is 1. The fraction of sp³-hybridized carbons (Fsp3) is 0.917. The number of hydrogen-bond acceptors (Lipinski definition) is 11. The average molecular weight is 726 g/mol. The molecule has 2 saturated heterocycles. The van der Waals surface area contributed by atoms with Crippen LogP contribution in [0.4, 0.5) is 0 Å². The summed E-state index contributed by atoms with van der Waals surface area (Å²) in [6.45, 7) is 0.683.